The minimum absolute atomic E-state index is 0.606. The van der Waals surface area contributed by atoms with Crippen molar-refractivity contribution in [2.75, 3.05) is 11.6 Å². The molecule has 0 saturated carbocycles. The number of hydroxylamine groups is 1. The van der Waals surface area contributed by atoms with Crippen LogP contribution in [0.25, 0.3) is 0 Å². The summed E-state index contributed by atoms with van der Waals surface area (Å²) in [5.41, 5.74) is 0. The summed E-state index contributed by atoms with van der Waals surface area (Å²) >= 11 is 0. The lowest BCUT2D eigenvalue weighted by molar-refractivity contribution is 0.251. The molecule has 1 rings (SSSR count). The summed E-state index contributed by atoms with van der Waals surface area (Å²) < 4.78 is 0. The number of hydrogen-bond acceptors (Lipinski definition) is 3. The van der Waals surface area contributed by atoms with E-state index in [1.165, 1.54) is 0 Å². The lowest BCUT2D eigenvalue weighted by atomic mass is 10.4. The summed E-state index contributed by atoms with van der Waals surface area (Å²) in [7, 11) is 0. The Balaban J connectivity index is 2.61. The number of anilines is 1. The topological polar surface area (TPSA) is 36.4 Å². The van der Waals surface area contributed by atoms with E-state index in [2.05, 4.69) is 4.98 Å². The number of aromatic nitrogens is 1. The molecular formula is C8H12N2O. The van der Waals surface area contributed by atoms with Crippen molar-refractivity contribution in [2.24, 2.45) is 0 Å². The second-order valence-corrected chi connectivity index (χ2v) is 2.31. The van der Waals surface area contributed by atoms with Crippen molar-refractivity contribution in [3.8, 4) is 0 Å². The first-order chi connectivity index (χ1) is 5.34. The van der Waals surface area contributed by atoms with Crippen molar-refractivity contribution < 1.29 is 5.21 Å². The van der Waals surface area contributed by atoms with Gasteiger partial charge in [0.2, 0.25) is 0 Å². The first kappa shape index (κ1) is 8.01. The number of hydrogen-bond donors (Lipinski definition) is 1. The van der Waals surface area contributed by atoms with Gasteiger partial charge in [-0.1, -0.05) is 13.0 Å². The van der Waals surface area contributed by atoms with Crippen molar-refractivity contribution in [3.63, 3.8) is 0 Å². The second-order valence-electron chi connectivity index (χ2n) is 2.31. The van der Waals surface area contributed by atoms with E-state index >= 15 is 0 Å². The summed E-state index contributed by atoms with van der Waals surface area (Å²) in [6.45, 7) is 2.63. The van der Waals surface area contributed by atoms with Gasteiger partial charge in [0.05, 0.1) is 0 Å². The molecule has 0 bridgehead atoms. The van der Waals surface area contributed by atoms with Gasteiger partial charge in [0, 0.05) is 12.7 Å². The summed E-state index contributed by atoms with van der Waals surface area (Å²) in [5, 5.41) is 10.4. The largest absolute Gasteiger partial charge is 0.287 e. The standard InChI is InChI=1S/C8H12N2O/c1-2-7-10(11)8-5-3-4-6-9-8/h3-6,11H,2,7H2,1H3. The van der Waals surface area contributed by atoms with E-state index in [4.69, 9.17) is 0 Å². The highest BCUT2D eigenvalue weighted by atomic mass is 16.5. The fourth-order valence-corrected chi connectivity index (χ4v) is 0.833. The van der Waals surface area contributed by atoms with Gasteiger partial charge < -0.3 is 0 Å². The second kappa shape index (κ2) is 3.93. The SMILES string of the molecule is CCCN(O)c1ccccn1. The van der Waals surface area contributed by atoms with Crippen LogP contribution >= 0.6 is 0 Å². The Kier molecular flexibility index (Phi) is 2.86. The van der Waals surface area contributed by atoms with Crippen LogP contribution in [-0.2, 0) is 0 Å². The number of rotatable bonds is 3. The van der Waals surface area contributed by atoms with E-state index < -0.39 is 0 Å². The molecule has 60 valence electrons. The molecule has 0 aliphatic carbocycles. The lowest BCUT2D eigenvalue weighted by Crippen LogP contribution is -2.19. The van der Waals surface area contributed by atoms with Gasteiger partial charge in [0.15, 0.2) is 5.82 Å². The van der Waals surface area contributed by atoms with Crippen molar-refractivity contribution in [3.05, 3.63) is 24.4 Å². The smallest absolute Gasteiger partial charge is 0.152 e. The fraction of sp³-hybridized carbons (Fsp3) is 0.375. The van der Waals surface area contributed by atoms with Gasteiger partial charge in [-0.2, -0.15) is 0 Å². The Hall–Kier alpha value is -1.09. The van der Waals surface area contributed by atoms with Crippen LogP contribution in [0.15, 0.2) is 24.4 Å². The quantitative estimate of drug-likeness (QED) is 0.669. The normalized spacial score (nSPS) is 9.64. The van der Waals surface area contributed by atoms with Crippen molar-refractivity contribution in [1.82, 2.24) is 4.98 Å². The minimum atomic E-state index is 0.606. The van der Waals surface area contributed by atoms with Crippen LogP contribution in [0, 0.1) is 0 Å². The molecule has 0 unspecified atom stereocenters. The van der Waals surface area contributed by atoms with Crippen molar-refractivity contribution in [1.29, 1.82) is 0 Å². The highest BCUT2D eigenvalue weighted by Gasteiger charge is 1.99. The average Bonchev–Trinajstić information content (AvgIpc) is 2.07. The minimum Gasteiger partial charge on any atom is -0.287 e. The molecule has 3 heteroatoms. The molecule has 11 heavy (non-hydrogen) atoms. The van der Waals surface area contributed by atoms with E-state index in [-0.39, 0.29) is 0 Å². The van der Waals surface area contributed by atoms with Crippen LogP contribution in [0.4, 0.5) is 5.82 Å². The van der Waals surface area contributed by atoms with E-state index in [1.54, 1.807) is 12.3 Å². The molecule has 1 N–H and O–H groups in total. The third kappa shape index (κ3) is 2.20. The number of nitrogens with zero attached hydrogens (tertiary/aromatic N) is 2. The molecular weight excluding hydrogens is 140 g/mol. The predicted octanol–water partition coefficient (Wildman–Crippen LogP) is 1.69. The summed E-state index contributed by atoms with van der Waals surface area (Å²) in [4.78, 5) is 3.97. The predicted molar refractivity (Wildman–Crippen MR) is 43.7 cm³/mol. The first-order valence-corrected chi connectivity index (χ1v) is 3.72. The molecule has 0 aliphatic rings. The Morgan fingerprint density at radius 2 is 2.36 bits per heavy atom. The zero-order valence-electron chi connectivity index (χ0n) is 6.57. The van der Waals surface area contributed by atoms with Crippen LogP contribution < -0.4 is 5.06 Å². The Morgan fingerprint density at radius 3 is 2.91 bits per heavy atom. The molecule has 1 aromatic rings. The van der Waals surface area contributed by atoms with Crippen molar-refractivity contribution >= 4 is 5.82 Å². The van der Waals surface area contributed by atoms with E-state index in [9.17, 15) is 5.21 Å². The molecule has 0 spiro atoms. The number of pyridine rings is 1. The van der Waals surface area contributed by atoms with Gasteiger partial charge in [-0.25, -0.2) is 10.0 Å². The Bertz CT molecular complexity index is 201. The van der Waals surface area contributed by atoms with Gasteiger partial charge in [-0.3, -0.25) is 5.21 Å². The zero-order chi connectivity index (χ0) is 8.10. The molecule has 0 fully saturated rings. The Labute approximate surface area is 66.3 Å². The maximum Gasteiger partial charge on any atom is 0.152 e. The van der Waals surface area contributed by atoms with Gasteiger partial charge >= 0.3 is 0 Å². The monoisotopic (exact) mass is 152 g/mol. The summed E-state index contributed by atoms with van der Waals surface area (Å²) in [6, 6.07) is 5.44. The van der Waals surface area contributed by atoms with Crippen LogP contribution in [-0.4, -0.2) is 16.7 Å². The lowest BCUT2D eigenvalue weighted by Gasteiger charge is -2.13. The average molecular weight is 152 g/mol. The van der Waals surface area contributed by atoms with Crippen LogP contribution in [0.1, 0.15) is 13.3 Å². The molecule has 1 heterocycles. The van der Waals surface area contributed by atoms with Crippen molar-refractivity contribution in [2.45, 2.75) is 13.3 Å². The molecule has 0 atom stereocenters. The third-order valence-electron chi connectivity index (χ3n) is 1.35. The van der Waals surface area contributed by atoms with E-state index in [0.717, 1.165) is 11.5 Å². The Morgan fingerprint density at radius 1 is 1.55 bits per heavy atom. The summed E-state index contributed by atoms with van der Waals surface area (Å²) in [6.07, 6.45) is 2.57. The van der Waals surface area contributed by atoms with Gasteiger partial charge in [0.1, 0.15) is 0 Å². The maximum absolute atomic E-state index is 9.29. The molecule has 0 aliphatic heterocycles. The zero-order valence-corrected chi connectivity index (χ0v) is 6.57. The highest BCUT2D eigenvalue weighted by molar-refractivity contribution is 5.33. The van der Waals surface area contributed by atoms with Gasteiger partial charge in [-0.15, -0.1) is 0 Å². The molecule has 0 saturated heterocycles. The summed E-state index contributed by atoms with van der Waals surface area (Å²) in [5.74, 6) is 0.606. The molecule has 0 amide bonds. The highest BCUT2D eigenvalue weighted by Crippen LogP contribution is 2.05. The van der Waals surface area contributed by atoms with E-state index in [0.29, 0.717) is 12.4 Å². The molecule has 1 aromatic heterocycles. The first-order valence-electron chi connectivity index (χ1n) is 3.72. The van der Waals surface area contributed by atoms with Crippen LogP contribution in [0.5, 0.6) is 0 Å². The fourth-order valence-electron chi connectivity index (χ4n) is 0.833. The molecule has 3 nitrogen and oxygen atoms in total. The maximum atomic E-state index is 9.29. The third-order valence-corrected chi connectivity index (χ3v) is 1.35. The van der Waals surface area contributed by atoms with Gasteiger partial charge in [0.25, 0.3) is 0 Å². The van der Waals surface area contributed by atoms with Gasteiger partial charge in [-0.05, 0) is 18.6 Å². The van der Waals surface area contributed by atoms with Crippen LogP contribution in [0.2, 0.25) is 0 Å². The molecule has 0 radical (unpaired) electrons. The molecule has 0 aromatic carbocycles. The van der Waals surface area contributed by atoms with E-state index in [1.807, 2.05) is 19.1 Å². The van der Waals surface area contributed by atoms with Crippen LogP contribution in [0.3, 0.4) is 0 Å².